The molecule has 2 heterocycles. The second kappa shape index (κ2) is 12.6. The van der Waals surface area contributed by atoms with Crippen LogP contribution in [0.4, 0.5) is 0 Å². The summed E-state index contributed by atoms with van der Waals surface area (Å²) in [6.07, 6.45) is 0. The summed E-state index contributed by atoms with van der Waals surface area (Å²) < 4.78 is 10.9. The van der Waals surface area contributed by atoms with Crippen LogP contribution in [0.5, 0.6) is 5.75 Å². The molecule has 2 aromatic rings. The molecule has 0 radical (unpaired) electrons. The average Bonchev–Trinajstić information content (AvgIpc) is 3.33. The van der Waals surface area contributed by atoms with Gasteiger partial charge < -0.3 is 20.1 Å². The lowest BCUT2D eigenvalue weighted by Crippen LogP contribution is -2.48. The summed E-state index contributed by atoms with van der Waals surface area (Å²) >= 11 is 1.80. The maximum atomic E-state index is 5.56. The van der Waals surface area contributed by atoms with Gasteiger partial charge in [-0.05, 0) is 29.1 Å². The fourth-order valence-corrected chi connectivity index (χ4v) is 4.49. The van der Waals surface area contributed by atoms with Gasteiger partial charge in [-0.15, -0.1) is 35.3 Å². The molecular formula is C23H35IN4O2S. The first-order chi connectivity index (χ1) is 14.5. The minimum atomic E-state index is 0. The monoisotopic (exact) mass is 558 g/mol. The molecule has 8 heteroatoms. The number of benzene rings is 1. The Labute approximate surface area is 207 Å². The van der Waals surface area contributed by atoms with Crippen LogP contribution in [0.3, 0.4) is 0 Å². The van der Waals surface area contributed by atoms with Gasteiger partial charge in [-0.1, -0.05) is 32.0 Å². The third kappa shape index (κ3) is 7.34. The first-order valence-corrected chi connectivity index (χ1v) is 11.4. The molecule has 0 spiro atoms. The molecule has 1 aromatic carbocycles. The van der Waals surface area contributed by atoms with E-state index in [4.69, 9.17) is 9.47 Å². The van der Waals surface area contributed by atoms with Crippen LogP contribution in [0.25, 0.3) is 0 Å². The van der Waals surface area contributed by atoms with E-state index < -0.39 is 0 Å². The highest BCUT2D eigenvalue weighted by Crippen LogP contribution is 2.27. The molecule has 1 unspecified atom stereocenters. The third-order valence-electron chi connectivity index (χ3n) is 5.56. The highest BCUT2D eigenvalue weighted by molar-refractivity contribution is 14.0. The molecule has 172 valence electrons. The Morgan fingerprint density at radius 1 is 1.19 bits per heavy atom. The quantitative estimate of drug-likeness (QED) is 0.293. The summed E-state index contributed by atoms with van der Waals surface area (Å²) in [5.41, 5.74) is 1.31. The van der Waals surface area contributed by atoms with Crippen LogP contribution in [0.2, 0.25) is 0 Å². The lowest BCUT2D eigenvalue weighted by molar-refractivity contribution is 0.0170. The van der Waals surface area contributed by atoms with Gasteiger partial charge in [0.05, 0.1) is 26.4 Å². The number of hydrogen-bond acceptors (Lipinski definition) is 5. The zero-order valence-electron chi connectivity index (χ0n) is 18.9. The Balaban J connectivity index is 0.00000341. The molecule has 1 aromatic heterocycles. The molecule has 0 bridgehead atoms. The first-order valence-electron chi connectivity index (χ1n) is 10.5. The summed E-state index contributed by atoms with van der Waals surface area (Å²) in [6, 6.07) is 12.9. The highest BCUT2D eigenvalue weighted by Gasteiger charge is 2.24. The number of thiophene rings is 1. The zero-order valence-corrected chi connectivity index (χ0v) is 22.0. The van der Waals surface area contributed by atoms with Crippen LogP contribution in [-0.2, 0) is 10.2 Å². The summed E-state index contributed by atoms with van der Waals surface area (Å²) in [5, 5.41) is 9.18. The molecule has 1 atom stereocenters. The van der Waals surface area contributed by atoms with Gasteiger partial charge in [-0.25, -0.2) is 0 Å². The minimum absolute atomic E-state index is 0. The molecule has 1 aliphatic rings. The van der Waals surface area contributed by atoms with E-state index in [0.29, 0.717) is 0 Å². The number of rotatable bonds is 8. The van der Waals surface area contributed by atoms with Crippen LogP contribution in [0.1, 0.15) is 30.3 Å². The first kappa shape index (κ1) is 25.9. The molecule has 0 aliphatic carbocycles. The average molecular weight is 559 g/mol. The molecule has 1 aliphatic heterocycles. The second-order valence-electron chi connectivity index (χ2n) is 8.11. The molecular weight excluding hydrogens is 523 g/mol. The Bertz CT molecular complexity index is 790. The van der Waals surface area contributed by atoms with Gasteiger partial charge in [0, 0.05) is 43.5 Å². The molecule has 0 saturated carbocycles. The maximum Gasteiger partial charge on any atom is 0.191 e. The molecule has 3 rings (SSSR count). The molecule has 0 amide bonds. The van der Waals surface area contributed by atoms with E-state index in [2.05, 4.69) is 64.0 Å². The number of ether oxygens (including phenoxy) is 2. The summed E-state index contributed by atoms with van der Waals surface area (Å²) in [5.74, 6) is 1.70. The van der Waals surface area contributed by atoms with Crippen LogP contribution < -0.4 is 15.4 Å². The van der Waals surface area contributed by atoms with Crippen molar-refractivity contribution >= 4 is 41.3 Å². The topological polar surface area (TPSA) is 58.1 Å². The summed E-state index contributed by atoms with van der Waals surface area (Å²) in [7, 11) is 3.52. The fourth-order valence-electron chi connectivity index (χ4n) is 3.64. The number of nitrogens with zero attached hydrogens (tertiary/aromatic N) is 2. The summed E-state index contributed by atoms with van der Waals surface area (Å²) in [6.45, 7) is 9.50. The Morgan fingerprint density at radius 3 is 2.48 bits per heavy atom. The smallest absolute Gasteiger partial charge is 0.191 e. The van der Waals surface area contributed by atoms with Crippen molar-refractivity contribution in [2.45, 2.75) is 25.3 Å². The lowest BCUT2D eigenvalue weighted by Gasteiger charge is -2.35. The van der Waals surface area contributed by atoms with E-state index in [1.165, 1.54) is 10.4 Å². The lowest BCUT2D eigenvalue weighted by atomic mass is 9.91. The SMILES string of the molecule is CN=C(NCC(c1ccc(OC)cc1)N1CCOCC1)NCC(C)(C)c1cccs1.I. The van der Waals surface area contributed by atoms with E-state index in [1.54, 1.807) is 18.4 Å². The van der Waals surface area contributed by atoms with Gasteiger partial charge in [0.1, 0.15) is 5.75 Å². The van der Waals surface area contributed by atoms with Crippen molar-refractivity contribution in [3.05, 3.63) is 52.2 Å². The predicted molar refractivity (Wildman–Crippen MR) is 140 cm³/mol. The molecule has 31 heavy (non-hydrogen) atoms. The predicted octanol–water partition coefficient (Wildman–Crippen LogP) is 3.89. The number of nitrogens with one attached hydrogen (secondary N) is 2. The van der Waals surface area contributed by atoms with E-state index >= 15 is 0 Å². The van der Waals surface area contributed by atoms with Crippen molar-refractivity contribution in [2.75, 3.05) is 53.6 Å². The van der Waals surface area contributed by atoms with E-state index in [-0.39, 0.29) is 35.4 Å². The Kier molecular flexibility index (Phi) is 10.5. The molecule has 1 fully saturated rings. The van der Waals surface area contributed by atoms with Gasteiger partial charge in [-0.3, -0.25) is 9.89 Å². The Hall–Kier alpha value is -1.36. The number of hydrogen-bond donors (Lipinski definition) is 2. The van der Waals surface area contributed by atoms with Crippen molar-refractivity contribution in [2.24, 2.45) is 4.99 Å². The van der Waals surface area contributed by atoms with Crippen molar-refractivity contribution < 1.29 is 9.47 Å². The highest BCUT2D eigenvalue weighted by atomic mass is 127. The van der Waals surface area contributed by atoms with Gasteiger partial charge in [0.2, 0.25) is 0 Å². The number of morpholine rings is 1. The molecule has 1 saturated heterocycles. The van der Waals surface area contributed by atoms with Crippen molar-refractivity contribution in [1.29, 1.82) is 0 Å². The summed E-state index contributed by atoms with van der Waals surface area (Å²) in [4.78, 5) is 8.29. The van der Waals surface area contributed by atoms with Crippen LogP contribution in [-0.4, -0.2) is 64.4 Å². The normalized spacial score (nSPS) is 16.3. The van der Waals surface area contributed by atoms with Gasteiger partial charge in [-0.2, -0.15) is 0 Å². The van der Waals surface area contributed by atoms with Gasteiger partial charge in [0.15, 0.2) is 5.96 Å². The van der Waals surface area contributed by atoms with Gasteiger partial charge >= 0.3 is 0 Å². The number of aliphatic imine (C=N–C) groups is 1. The third-order valence-corrected chi connectivity index (χ3v) is 6.80. The molecule has 6 nitrogen and oxygen atoms in total. The maximum absolute atomic E-state index is 5.56. The van der Waals surface area contributed by atoms with E-state index in [9.17, 15) is 0 Å². The minimum Gasteiger partial charge on any atom is -0.497 e. The number of methoxy groups -OCH3 is 1. The zero-order chi connectivity index (χ0) is 21.4. The fraction of sp³-hybridized carbons (Fsp3) is 0.522. The van der Waals surface area contributed by atoms with Crippen molar-refractivity contribution in [3.63, 3.8) is 0 Å². The van der Waals surface area contributed by atoms with Crippen LogP contribution in [0, 0.1) is 0 Å². The van der Waals surface area contributed by atoms with Crippen LogP contribution in [0.15, 0.2) is 46.8 Å². The van der Waals surface area contributed by atoms with Crippen molar-refractivity contribution in [1.82, 2.24) is 15.5 Å². The van der Waals surface area contributed by atoms with Crippen LogP contribution >= 0.6 is 35.3 Å². The number of halogens is 1. The standard InChI is InChI=1S/C23H34N4O2S.HI/c1-23(2,21-6-5-15-30-21)17-26-22(24-3)25-16-20(27-11-13-29-14-12-27)18-7-9-19(28-4)10-8-18;/h5-10,15,20H,11-14,16-17H2,1-4H3,(H2,24,25,26);1H. The largest absolute Gasteiger partial charge is 0.497 e. The number of guanidine groups is 1. The van der Waals surface area contributed by atoms with E-state index in [1.807, 2.05) is 19.2 Å². The Morgan fingerprint density at radius 2 is 1.90 bits per heavy atom. The second-order valence-corrected chi connectivity index (χ2v) is 9.05. The van der Waals surface area contributed by atoms with Gasteiger partial charge in [0.25, 0.3) is 0 Å². The molecule has 2 N–H and O–H groups in total. The van der Waals surface area contributed by atoms with Crippen molar-refractivity contribution in [3.8, 4) is 5.75 Å². The van der Waals surface area contributed by atoms with E-state index in [0.717, 1.165) is 51.1 Å².